The van der Waals surface area contributed by atoms with Gasteiger partial charge in [-0.2, -0.15) is 0 Å². The molecule has 2 N–H and O–H groups in total. The highest BCUT2D eigenvalue weighted by Crippen LogP contribution is 2.10. The third-order valence-corrected chi connectivity index (χ3v) is 3.65. The SMILES string of the molecule is CCC(CC)C(=O)OCC(=O)c1c(N)n(C)c(=O)n(C)c1=O. The van der Waals surface area contributed by atoms with Crippen LogP contribution >= 0.6 is 0 Å². The third-order valence-electron chi connectivity index (χ3n) is 3.65. The van der Waals surface area contributed by atoms with Crippen LogP contribution in [0.2, 0.25) is 0 Å². The van der Waals surface area contributed by atoms with Crippen LogP contribution in [0.1, 0.15) is 37.0 Å². The van der Waals surface area contributed by atoms with Gasteiger partial charge in [0.15, 0.2) is 6.61 Å². The zero-order valence-electron chi connectivity index (χ0n) is 13.2. The number of hydrogen-bond donors (Lipinski definition) is 1. The fourth-order valence-corrected chi connectivity index (χ4v) is 2.07. The van der Waals surface area contributed by atoms with E-state index in [0.717, 1.165) is 9.13 Å². The number of nitrogens with zero attached hydrogens (tertiary/aromatic N) is 2. The molecule has 0 saturated heterocycles. The van der Waals surface area contributed by atoms with E-state index in [-0.39, 0.29) is 17.3 Å². The zero-order chi connectivity index (χ0) is 17.0. The quantitative estimate of drug-likeness (QED) is 0.576. The van der Waals surface area contributed by atoms with Crippen molar-refractivity contribution in [2.75, 3.05) is 12.3 Å². The molecule has 8 heteroatoms. The Bertz CT molecular complexity index is 698. The van der Waals surface area contributed by atoms with Gasteiger partial charge in [0.05, 0.1) is 5.92 Å². The predicted molar refractivity (Wildman–Crippen MR) is 80.7 cm³/mol. The Kier molecular flexibility index (Phi) is 5.67. The van der Waals surface area contributed by atoms with Crippen molar-refractivity contribution in [3.63, 3.8) is 0 Å². The summed E-state index contributed by atoms with van der Waals surface area (Å²) in [6, 6.07) is 0. The van der Waals surface area contributed by atoms with Gasteiger partial charge in [0.2, 0.25) is 5.78 Å². The van der Waals surface area contributed by atoms with Crippen molar-refractivity contribution in [3.05, 3.63) is 26.4 Å². The molecular formula is C14H21N3O5. The first-order chi connectivity index (χ1) is 10.3. The minimum atomic E-state index is -0.802. The Morgan fingerprint density at radius 2 is 1.68 bits per heavy atom. The monoisotopic (exact) mass is 311 g/mol. The van der Waals surface area contributed by atoms with Crippen LogP contribution in [0, 0.1) is 5.92 Å². The van der Waals surface area contributed by atoms with E-state index in [9.17, 15) is 19.2 Å². The lowest BCUT2D eigenvalue weighted by molar-refractivity contribution is -0.147. The number of ketones is 1. The number of nitrogens with two attached hydrogens (primary N) is 1. The molecular weight excluding hydrogens is 290 g/mol. The molecule has 0 unspecified atom stereocenters. The highest BCUT2D eigenvalue weighted by atomic mass is 16.5. The van der Waals surface area contributed by atoms with E-state index in [0.29, 0.717) is 12.8 Å². The molecule has 0 saturated carbocycles. The van der Waals surface area contributed by atoms with E-state index in [4.69, 9.17) is 10.5 Å². The molecule has 0 aliphatic rings. The number of Topliss-reactive ketones (excluding diaryl/α,β-unsaturated/α-hetero) is 1. The van der Waals surface area contributed by atoms with Crippen LogP contribution in [-0.4, -0.2) is 27.5 Å². The maximum atomic E-state index is 12.1. The molecule has 1 heterocycles. The van der Waals surface area contributed by atoms with Crippen LogP contribution in [0.15, 0.2) is 9.59 Å². The van der Waals surface area contributed by atoms with Gasteiger partial charge < -0.3 is 10.5 Å². The van der Waals surface area contributed by atoms with E-state index < -0.39 is 29.6 Å². The summed E-state index contributed by atoms with van der Waals surface area (Å²) in [6.45, 7) is 3.11. The number of carbonyl (C=O) groups is 2. The predicted octanol–water partition coefficient (Wildman–Crippen LogP) is -0.172. The topological polar surface area (TPSA) is 113 Å². The molecule has 0 amide bonds. The summed E-state index contributed by atoms with van der Waals surface area (Å²) in [6.07, 6.45) is 1.21. The van der Waals surface area contributed by atoms with Crippen molar-refractivity contribution in [1.82, 2.24) is 9.13 Å². The van der Waals surface area contributed by atoms with Gasteiger partial charge in [0, 0.05) is 14.1 Å². The number of esters is 1. The molecule has 8 nitrogen and oxygen atoms in total. The number of aromatic nitrogens is 2. The second-order valence-electron chi connectivity index (χ2n) is 5.01. The summed E-state index contributed by atoms with van der Waals surface area (Å²) in [7, 11) is 2.60. The summed E-state index contributed by atoms with van der Waals surface area (Å²) in [5, 5.41) is 0. The highest BCUT2D eigenvalue weighted by Gasteiger charge is 2.23. The van der Waals surface area contributed by atoms with Crippen molar-refractivity contribution in [2.24, 2.45) is 20.0 Å². The standard InChI is InChI=1S/C14H21N3O5/c1-5-8(6-2)13(20)22-7-9(18)10-11(15)16(3)14(21)17(4)12(10)19/h8H,5-7,15H2,1-4H3. The lowest BCUT2D eigenvalue weighted by atomic mass is 10.0. The molecule has 0 aliphatic heterocycles. The smallest absolute Gasteiger partial charge is 0.332 e. The van der Waals surface area contributed by atoms with Gasteiger partial charge in [0.25, 0.3) is 5.56 Å². The van der Waals surface area contributed by atoms with Gasteiger partial charge in [-0.25, -0.2) is 4.79 Å². The zero-order valence-corrected chi connectivity index (χ0v) is 13.2. The molecule has 0 radical (unpaired) electrons. The maximum Gasteiger partial charge on any atom is 0.332 e. The Morgan fingerprint density at radius 1 is 1.14 bits per heavy atom. The fourth-order valence-electron chi connectivity index (χ4n) is 2.07. The van der Waals surface area contributed by atoms with Crippen molar-refractivity contribution in [1.29, 1.82) is 0 Å². The van der Waals surface area contributed by atoms with Gasteiger partial charge >= 0.3 is 11.7 Å². The van der Waals surface area contributed by atoms with E-state index in [2.05, 4.69) is 0 Å². The first-order valence-electron chi connectivity index (χ1n) is 7.01. The Morgan fingerprint density at radius 3 is 2.18 bits per heavy atom. The summed E-state index contributed by atoms with van der Waals surface area (Å²) >= 11 is 0. The van der Waals surface area contributed by atoms with Gasteiger partial charge in [-0.3, -0.25) is 23.5 Å². The number of ether oxygens (including phenoxy) is 1. The second kappa shape index (κ2) is 7.06. The molecule has 0 aliphatic carbocycles. The number of nitrogen functional groups attached to an aromatic ring is 1. The Balaban J connectivity index is 3.04. The summed E-state index contributed by atoms with van der Waals surface area (Å²) in [4.78, 5) is 47.5. The second-order valence-corrected chi connectivity index (χ2v) is 5.01. The van der Waals surface area contributed by atoms with Gasteiger partial charge in [-0.05, 0) is 12.8 Å². The maximum absolute atomic E-state index is 12.1. The van der Waals surface area contributed by atoms with Gasteiger partial charge in [0.1, 0.15) is 11.4 Å². The first kappa shape index (κ1) is 17.7. The first-order valence-corrected chi connectivity index (χ1v) is 7.01. The van der Waals surface area contributed by atoms with Crippen LogP contribution in [0.25, 0.3) is 0 Å². The minimum Gasteiger partial charge on any atom is -0.457 e. The van der Waals surface area contributed by atoms with Crippen LogP contribution in [0.4, 0.5) is 5.82 Å². The lowest BCUT2D eigenvalue weighted by Gasteiger charge is -2.13. The summed E-state index contributed by atoms with van der Waals surface area (Å²) < 4.78 is 6.72. The molecule has 22 heavy (non-hydrogen) atoms. The van der Waals surface area contributed by atoms with Crippen molar-refractivity contribution >= 4 is 17.6 Å². The fraction of sp³-hybridized carbons (Fsp3) is 0.571. The van der Waals surface area contributed by atoms with Gasteiger partial charge in [-0.15, -0.1) is 0 Å². The van der Waals surface area contributed by atoms with Crippen molar-refractivity contribution < 1.29 is 14.3 Å². The van der Waals surface area contributed by atoms with Crippen molar-refractivity contribution in [3.8, 4) is 0 Å². The largest absolute Gasteiger partial charge is 0.457 e. The molecule has 0 aromatic carbocycles. The molecule has 122 valence electrons. The number of hydrogen-bond acceptors (Lipinski definition) is 6. The molecule has 1 aromatic heterocycles. The van der Waals surface area contributed by atoms with E-state index in [1.807, 2.05) is 13.8 Å². The Hall–Kier alpha value is -2.38. The molecule has 0 bridgehead atoms. The Labute approximate surface area is 127 Å². The molecule has 0 atom stereocenters. The van der Waals surface area contributed by atoms with Gasteiger partial charge in [-0.1, -0.05) is 13.8 Å². The number of carbonyl (C=O) groups excluding carboxylic acids is 2. The lowest BCUT2D eigenvalue weighted by Crippen LogP contribution is -2.42. The molecule has 1 rings (SSSR count). The minimum absolute atomic E-state index is 0.239. The average Bonchev–Trinajstić information content (AvgIpc) is 2.50. The summed E-state index contributed by atoms with van der Waals surface area (Å²) in [5.41, 5.74) is 3.88. The molecule has 1 aromatic rings. The van der Waals surface area contributed by atoms with Crippen LogP contribution < -0.4 is 17.0 Å². The van der Waals surface area contributed by atoms with Crippen LogP contribution in [0.5, 0.6) is 0 Å². The highest BCUT2D eigenvalue weighted by molar-refractivity contribution is 6.01. The van der Waals surface area contributed by atoms with E-state index in [1.165, 1.54) is 14.1 Å². The summed E-state index contributed by atoms with van der Waals surface area (Å²) in [5.74, 6) is -1.74. The molecule has 0 spiro atoms. The average molecular weight is 311 g/mol. The van der Waals surface area contributed by atoms with Crippen LogP contribution in [0.3, 0.4) is 0 Å². The van der Waals surface area contributed by atoms with E-state index >= 15 is 0 Å². The normalized spacial score (nSPS) is 10.8. The van der Waals surface area contributed by atoms with E-state index in [1.54, 1.807) is 0 Å². The number of rotatable bonds is 6. The molecule has 0 fully saturated rings. The third kappa shape index (κ3) is 3.26. The van der Waals surface area contributed by atoms with Crippen LogP contribution in [-0.2, 0) is 23.6 Å². The van der Waals surface area contributed by atoms with Crippen molar-refractivity contribution in [2.45, 2.75) is 26.7 Å². The number of anilines is 1.